The van der Waals surface area contributed by atoms with Crippen LogP contribution in [0.15, 0.2) is 72.2 Å². The molecule has 0 atom stereocenters. The Morgan fingerprint density at radius 1 is 1.00 bits per heavy atom. The Hall–Kier alpha value is -3.44. The Morgan fingerprint density at radius 3 is 2.56 bits per heavy atom. The number of aromatic nitrogens is 3. The predicted octanol–water partition coefficient (Wildman–Crippen LogP) is 6.75. The maximum Gasteiger partial charge on any atom is 0.212 e. The van der Waals surface area contributed by atoms with Gasteiger partial charge < -0.3 is 9.30 Å². The molecular weight excluding hydrogens is 414 g/mol. The van der Waals surface area contributed by atoms with Crippen LogP contribution in [0.3, 0.4) is 0 Å². The van der Waals surface area contributed by atoms with Crippen LogP contribution in [0.2, 0.25) is 0 Å². The van der Waals surface area contributed by atoms with Gasteiger partial charge in [-0.2, -0.15) is 0 Å². The van der Waals surface area contributed by atoms with E-state index in [1.165, 1.54) is 27.7 Å². The summed E-state index contributed by atoms with van der Waals surface area (Å²) in [6.45, 7) is 5.11. The molecule has 5 rings (SSSR count). The summed E-state index contributed by atoms with van der Waals surface area (Å²) in [6, 6.07) is 21.1. The average Bonchev–Trinajstić information content (AvgIpc) is 3.42. The lowest BCUT2D eigenvalue weighted by molar-refractivity contribution is 0.398. The Bertz CT molecular complexity index is 1370. The quantitative estimate of drug-likeness (QED) is 0.294. The fourth-order valence-electron chi connectivity index (χ4n) is 4.30. The largest absolute Gasteiger partial charge is 0.481 e. The van der Waals surface area contributed by atoms with E-state index in [1.807, 2.05) is 18.3 Å². The summed E-state index contributed by atoms with van der Waals surface area (Å²) in [6.07, 6.45) is 2.83. The van der Waals surface area contributed by atoms with Gasteiger partial charge in [0, 0.05) is 50.9 Å². The molecule has 0 aliphatic heterocycles. The van der Waals surface area contributed by atoms with Crippen molar-refractivity contribution in [3.8, 4) is 27.6 Å². The van der Waals surface area contributed by atoms with Gasteiger partial charge in [-0.1, -0.05) is 48.9 Å². The number of ether oxygens (including phenoxy) is 1. The minimum atomic E-state index is 0.627. The second-order valence-corrected chi connectivity index (χ2v) is 8.74. The summed E-state index contributed by atoms with van der Waals surface area (Å²) >= 11 is 1.70. The van der Waals surface area contributed by atoms with Crippen LogP contribution in [-0.2, 0) is 13.0 Å². The number of rotatable bonds is 6. The number of methoxy groups -OCH3 is 1. The molecule has 0 unspecified atom stereocenters. The van der Waals surface area contributed by atoms with E-state index in [2.05, 4.69) is 77.3 Å². The van der Waals surface area contributed by atoms with Gasteiger partial charge in [0.1, 0.15) is 5.01 Å². The van der Waals surface area contributed by atoms with Crippen LogP contribution in [-0.4, -0.2) is 21.6 Å². The number of thiazole rings is 1. The summed E-state index contributed by atoms with van der Waals surface area (Å²) in [7, 11) is 1.65. The molecule has 5 heteroatoms. The second-order valence-electron chi connectivity index (χ2n) is 7.88. The highest BCUT2D eigenvalue weighted by molar-refractivity contribution is 7.13. The Labute approximate surface area is 192 Å². The highest BCUT2D eigenvalue weighted by atomic mass is 32.1. The van der Waals surface area contributed by atoms with Gasteiger partial charge in [0.25, 0.3) is 0 Å². The number of aryl methyl sites for hydroxylation is 1. The van der Waals surface area contributed by atoms with Gasteiger partial charge in [0.05, 0.1) is 19.3 Å². The first-order chi connectivity index (χ1) is 15.7. The molecule has 0 saturated heterocycles. The van der Waals surface area contributed by atoms with Crippen molar-refractivity contribution in [2.24, 2.45) is 0 Å². The van der Waals surface area contributed by atoms with Crippen LogP contribution in [0, 0.1) is 6.92 Å². The summed E-state index contributed by atoms with van der Waals surface area (Å²) in [5, 5.41) is 4.49. The van der Waals surface area contributed by atoms with Crippen LogP contribution in [0.4, 0.5) is 0 Å². The zero-order chi connectivity index (χ0) is 22.1. The number of nitrogens with zero attached hydrogens (tertiary/aromatic N) is 3. The first kappa shape index (κ1) is 20.5. The molecular formula is C27H25N3OS. The first-order valence-electron chi connectivity index (χ1n) is 10.8. The normalized spacial score (nSPS) is 11.2. The smallest absolute Gasteiger partial charge is 0.212 e. The van der Waals surface area contributed by atoms with Crippen molar-refractivity contribution < 1.29 is 4.74 Å². The number of pyridine rings is 1. The van der Waals surface area contributed by atoms with Crippen molar-refractivity contribution in [2.75, 3.05) is 7.11 Å². The minimum absolute atomic E-state index is 0.627. The molecule has 4 nitrogen and oxygen atoms in total. The molecule has 32 heavy (non-hydrogen) atoms. The molecule has 0 amide bonds. The first-order valence-corrected chi connectivity index (χ1v) is 11.7. The summed E-state index contributed by atoms with van der Waals surface area (Å²) in [5.74, 6) is 0.627. The van der Waals surface area contributed by atoms with E-state index in [4.69, 9.17) is 9.72 Å². The van der Waals surface area contributed by atoms with E-state index in [9.17, 15) is 0 Å². The molecule has 0 radical (unpaired) electrons. The Kier molecular flexibility index (Phi) is 5.50. The number of hydrogen-bond donors (Lipinski definition) is 0. The van der Waals surface area contributed by atoms with Gasteiger partial charge in [0.2, 0.25) is 5.88 Å². The average molecular weight is 440 g/mol. The van der Waals surface area contributed by atoms with Crippen LogP contribution >= 0.6 is 11.3 Å². The van der Waals surface area contributed by atoms with E-state index in [0.717, 1.165) is 34.8 Å². The monoisotopic (exact) mass is 439 g/mol. The molecule has 0 aliphatic carbocycles. The SMILES string of the molecule is CCc1c(-c2ccc(OC)nc2)c2cc(C)ccc2n1Cc1csc(-c2ccccc2)n1. The molecule has 0 spiro atoms. The molecule has 3 heterocycles. The molecule has 3 aromatic heterocycles. The van der Waals surface area contributed by atoms with E-state index >= 15 is 0 Å². The van der Waals surface area contributed by atoms with Gasteiger partial charge in [-0.05, 0) is 31.5 Å². The van der Waals surface area contributed by atoms with Gasteiger partial charge in [-0.25, -0.2) is 9.97 Å². The Balaban J connectivity index is 1.62. The van der Waals surface area contributed by atoms with E-state index in [1.54, 1.807) is 18.4 Å². The van der Waals surface area contributed by atoms with E-state index in [-0.39, 0.29) is 0 Å². The third-order valence-corrected chi connectivity index (χ3v) is 6.73. The lowest BCUT2D eigenvalue weighted by atomic mass is 10.0. The van der Waals surface area contributed by atoms with Crippen LogP contribution < -0.4 is 4.74 Å². The van der Waals surface area contributed by atoms with Crippen LogP contribution in [0.5, 0.6) is 5.88 Å². The Morgan fingerprint density at radius 2 is 1.84 bits per heavy atom. The van der Waals surface area contributed by atoms with Crippen molar-refractivity contribution in [1.82, 2.24) is 14.5 Å². The molecule has 0 fully saturated rings. The molecule has 5 aromatic rings. The molecule has 2 aromatic carbocycles. The molecule has 0 aliphatic rings. The fourth-order valence-corrected chi connectivity index (χ4v) is 5.11. The molecule has 0 bridgehead atoms. The van der Waals surface area contributed by atoms with Crippen molar-refractivity contribution in [2.45, 2.75) is 26.8 Å². The van der Waals surface area contributed by atoms with Crippen molar-refractivity contribution in [3.63, 3.8) is 0 Å². The van der Waals surface area contributed by atoms with Gasteiger partial charge >= 0.3 is 0 Å². The number of benzene rings is 2. The van der Waals surface area contributed by atoms with Crippen molar-refractivity contribution in [3.05, 3.63) is 89.2 Å². The molecule has 0 N–H and O–H groups in total. The van der Waals surface area contributed by atoms with E-state index < -0.39 is 0 Å². The van der Waals surface area contributed by atoms with E-state index in [0.29, 0.717) is 5.88 Å². The topological polar surface area (TPSA) is 39.9 Å². The van der Waals surface area contributed by atoms with Gasteiger partial charge in [-0.15, -0.1) is 11.3 Å². The third kappa shape index (κ3) is 3.69. The van der Waals surface area contributed by atoms with Crippen molar-refractivity contribution in [1.29, 1.82) is 0 Å². The number of fused-ring (bicyclic) bond motifs is 1. The second kappa shape index (κ2) is 8.60. The van der Waals surface area contributed by atoms with Gasteiger partial charge in [-0.3, -0.25) is 0 Å². The standard InChI is InChI=1S/C27H25N3OS/c1-4-23-26(20-11-13-25(31-3)28-15-20)22-14-18(2)10-12-24(22)30(23)16-21-17-32-27(29-21)19-8-6-5-7-9-19/h5-15,17H,4,16H2,1-3H3. The van der Waals surface area contributed by atoms with Crippen LogP contribution in [0.25, 0.3) is 32.6 Å². The zero-order valence-electron chi connectivity index (χ0n) is 18.5. The van der Waals surface area contributed by atoms with Crippen LogP contribution in [0.1, 0.15) is 23.9 Å². The van der Waals surface area contributed by atoms with Crippen molar-refractivity contribution >= 4 is 22.2 Å². The third-order valence-electron chi connectivity index (χ3n) is 5.79. The highest BCUT2D eigenvalue weighted by Gasteiger charge is 2.19. The lowest BCUT2D eigenvalue weighted by Crippen LogP contribution is -2.04. The molecule has 0 saturated carbocycles. The van der Waals surface area contributed by atoms with Gasteiger partial charge in [0.15, 0.2) is 0 Å². The minimum Gasteiger partial charge on any atom is -0.481 e. The highest BCUT2D eigenvalue weighted by Crippen LogP contribution is 2.37. The lowest BCUT2D eigenvalue weighted by Gasteiger charge is -2.10. The zero-order valence-corrected chi connectivity index (χ0v) is 19.3. The predicted molar refractivity (Wildman–Crippen MR) is 132 cm³/mol. The summed E-state index contributed by atoms with van der Waals surface area (Å²) < 4.78 is 7.68. The summed E-state index contributed by atoms with van der Waals surface area (Å²) in [5.41, 5.74) is 8.39. The maximum absolute atomic E-state index is 5.27. The fraction of sp³-hybridized carbons (Fsp3) is 0.185. The maximum atomic E-state index is 5.27. The molecule has 160 valence electrons. The summed E-state index contributed by atoms with van der Waals surface area (Å²) in [4.78, 5) is 9.42. The number of hydrogen-bond acceptors (Lipinski definition) is 4.